The van der Waals surface area contributed by atoms with Crippen LogP contribution in [-0.4, -0.2) is 46.0 Å². The summed E-state index contributed by atoms with van der Waals surface area (Å²) in [6.07, 6.45) is 3.65. The number of methoxy groups -OCH3 is 3. The molecule has 0 saturated heterocycles. The number of hydrogen-bond donors (Lipinski definition) is 2. The molecule has 7 nitrogen and oxygen atoms in total. The summed E-state index contributed by atoms with van der Waals surface area (Å²) in [4.78, 5) is 5.14. The first-order chi connectivity index (χ1) is 15.7. The summed E-state index contributed by atoms with van der Waals surface area (Å²) in [5, 5.41) is 4.65. The minimum Gasteiger partial charge on any atom is -0.493 e. The number of rotatable bonds is 7. The Morgan fingerprint density at radius 2 is 1.78 bits per heavy atom. The van der Waals surface area contributed by atoms with E-state index in [0.29, 0.717) is 18.9 Å². The molecule has 7 heteroatoms. The van der Waals surface area contributed by atoms with Crippen molar-refractivity contribution in [1.82, 2.24) is 4.98 Å². The molecule has 2 aliphatic rings. The van der Waals surface area contributed by atoms with Gasteiger partial charge in [-0.3, -0.25) is 0 Å². The van der Waals surface area contributed by atoms with Crippen LogP contribution in [0.1, 0.15) is 23.1 Å². The summed E-state index contributed by atoms with van der Waals surface area (Å²) >= 11 is 0. The predicted octanol–water partition coefficient (Wildman–Crippen LogP) is 3.72. The molecule has 0 saturated carbocycles. The maximum Gasteiger partial charge on any atom is 0.184 e. The molecule has 32 heavy (non-hydrogen) atoms. The highest BCUT2D eigenvalue weighted by molar-refractivity contribution is 6.02. The Labute approximate surface area is 187 Å². The molecule has 3 aromatic rings. The monoisotopic (exact) mass is 435 g/mol. The van der Waals surface area contributed by atoms with E-state index in [-0.39, 0.29) is 0 Å². The van der Waals surface area contributed by atoms with Gasteiger partial charge in [0.2, 0.25) is 0 Å². The smallest absolute Gasteiger partial charge is 0.184 e. The lowest BCUT2D eigenvalue weighted by molar-refractivity contribution is 0.291. The van der Waals surface area contributed by atoms with Crippen LogP contribution < -0.4 is 30.0 Å². The molecular formula is C25H29N3O4. The minimum absolute atomic E-state index is 0.576. The number of aryl methyl sites for hydroxylation is 1. The number of hydrogen-bond acceptors (Lipinski definition) is 7. The molecule has 2 heterocycles. The number of nitrogens with one attached hydrogen (secondary N) is 1. The number of nitrogens with zero attached hydrogens (tertiary/aromatic N) is 1. The van der Waals surface area contributed by atoms with E-state index >= 15 is 0 Å². The molecule has 3 N–H and O–H groups in total. The van der Waals surface area contributed by atoms with Crippen LogP contribution in [0.5, 0.6) is 23.0 Å². The van der Waals surface area contributed by atoms with Crippen molar-refractivity contribution in [3.8, 4) is 34.3 Å². The molecule has 1 aliphatic carbocycles. The number of anilines is 1. The van der Waals surface area contributed by atoms with Gasteiger partial charge in [0.15, 0.2) is 23.0 Å². The number of benzene rings is 2. The molecule has 0 radical (unpaired) electrons. The van der Waals surface area contributed by atoms with Gasteiger partial charge >= 0.3 is 0 Å². The summed E-state index contributed by atoms with van der Waals surface area (Å²) in [7, 11) is 5.01. The Morgan fingerprint density at radius 1 is 0.938 bits per heavy atom. The quantitative estimate of drug-likeness (QED) is 0.547. The van der Waals surface area contributed by atoms with Crippen LogP contribution in [0.15, 0.2) is 18.2 Å². The zero-order valence-corrected chi connectivity index (χ0v) is 18.8. The molecule has 5 rings (SSSR count). The fraction of sp³-hybridized carbons (Fsp3) is 0.400. The lowest BCUT2D eigenvalue weighted by atomic mass is 9.83. The maximum absolute atomic E-state index is 5.95. The molecule has 0 unspecified atom stereocenters. The summed E-state index contributed by atoms with van der Waals surface area (Å²) in [5.41, 5.74) is 13.5. The lowest BCUT2D eigenvalue weighted by Gasteiger charge is -2.29. The van der Waals surface area contributed by atoms with Crippen molar-refractivity contribution in [1.29, 1.82) is 0 Å². The van der Waals surface area contributed by atoms with E-state index in [4.69, 9.17) is 29.7 Å². The van der Waals surface area contributed by atoms with Crippen molar-refractivity contribution < 1.29 is 18.9 Å². The van der Waals surface area contributed by atoms with Gasteiger partial charge in [0, 0.05) is 23.6 Å². The Bertz CT molecular complexity index is 1190. The SMILES string of the molecule is COc1cc2c(cc1OCCCN)CCc1c-2nc2cc(OC)c(OC)c3c2c1CCN3. The minimum atomic E-state index is 0.576. The molecule has 0 bridgehead atoms. The van der Waals surface area contributed by atoms with Gasteiger partial charge in [-0.1, -0.05) is 0 Å². The van der Waals surface area contributed by atoms with Crippen LogP contribution >= 0.6 is 0 Å². The van der Waals surface area contributed by atoms with E-state index in [1.807, 2.05) is 6.07 Å². The van der Waals surface area contributed by atoms with Gasteiger partial charge in [-0.25, -0.2) is 4.98 Å². The highest BCUT2D eigenvalue weighted by atomic mass is 16.5. The number of nitrogens with two attached hydrogens (primary N) is 1. The summed E-state index contributed by atoms with van der Waals surface area (Å²) in [6, 6.07) is 6.15. The average Bonchev–Trinajstić information content (AvgIpc) is 2.83. The van der Waals surface area contributed by atoms with Gasteiger partial charge < -0.3 is 30.0 Å². The number of fused-ring (bicyclic) bond motifs is 4. The fourth-order valence-electron chi connectivity index (χ4n) is 4.93. The normalized spacial score (nSPS) is 13.8. The summed E-state index contributed by atoms with van der Waals surface area (Å²) < 4.78 is 22.9. The van der Waals surface area contributed by atoms with E-state index in [1.165, 1.54) is 16.7 Å². The molecule has 0 atom stereocenters. The van der Waals surface area contributed by atoms with Gasteiger partial charge in [0.05, 0.1) is 44.8 Å². The first-order valence-electron chi connectivity index (χ1n) is 11.1. The predicted molar refractivity (Wildman–Crippen MR) is 126 cm³/mol. The first kappa shape index (κ1) is 20.7. The van der Waals surface area contributed by atoms with E-state index in [2.05, 4.69) is 17.4 Å². The van der Waals surface area contributed by atoms with Crippen molar-refractivity contribution in [3.63, 3.8) is 0 Å². The van der Waals surface area contributed by atoms with Crippen LogP contribution in [0.4, 0.5) is 5.69 Å². The Balaban J connectivity index is 1.71. The standard InChI is InChI=1S/C25H29N3O4/c1-29-19-12-17-14(11-20(19)32-10-4-8-26)5-6-16-15-7-9-27-24-22(15)18(28-23(16)17)13-21(30-2)25(24)31-3/h11-13,27H,4-10,26H2,1-3H3. The number of aromatic nitrogens is 1. The fourth-order valence-corrected chi connectivity index (χ4v) is 4.93. The first-order valence-corrected chi connectivity index (χ1v) is 11.1. The molecule has 0 spiro atoms. The van der Waals surface area contributed by atoms with Gasteiger partial charge in [-0.05, 0) is 61.1 Å². The molecule has 168 valence electrons. The van der Waals surface area contributed by atoms with Crippen LogP contribution in [0.2, 0.25) is 0 Å². The van der Waals surface area contributed by atoms with Gasteiger partial charge in [0.25, 0.3) is 0 Å². The zero-order chi connectivity index (χ0) is 22.2. The van der Waals surface area contributed by atoms with Crippen molar-refractivity contribution in [2.24, 2.45) is 5.73 Å². The Morgan fingerprint density at radius 3 is 2.53 bits per heavy atom. The highest BCUT2D eigenvalue weighted by Gasteiger charge is 2.29. The molecular weight excluding hydrogens is 406 g/mol. The van der Waals surface area contributed by atoms with Crippen LogP contribution in [0.25, 0.3) is 22.2 Å². The van der Waals surface area contributed by atoms with Crippen molar-refractivity contribution in [3.05, 3.63) is 34.9 Å². The third kappa shape index (κ3) is 3.19. The van der Waals surface area contributed by atoms with E-state index in [0.717, 1.165) is 77.3 Å². The summed E-state index contributed by atoms with van der Waals surface area (Å²) in [6.45, 7) is 2.03. The van der Waals surface area contributed by atoms with E-state index in [9.17, 15) is 0 Å². The van der Waals surface area contributed by atoms with Crippen LogP contribution in [-0.2, 0) is 19.3 Å². The van der Waals surface area contributed by atoms with E-state index in [1.54, 1.807) is 21.3 Å². The number of ether oxygens (including phenoxy) is 4. The van der Waals surface area contributed by atoms with Crippen molar-refractivity contribution in [2.75, 3.05) is 46.3 Å². The van der Waals surface area contributed by atoms with Gasteiger partial charge in [0.1, 0.15) is 0 Å². The highest BCUT2D eigenvalue weighted by Crippen LogP contribution is 2.48. The average molecular weight is 436 g/mol. The molecule has 0 fully saturated rings. The lowest BCUT2D eigenvalue weighted by Crippen LogP contribution is -2.18. The topological polar surface area (TPSA) is 87.9 Å². The Hall–Kier alpha value is -3.19. The third-order valence-corrected chi connectivity index (χ3v) is 6.40. The van der Waals surface area contributed by atoms with Crippen LogP contribution in [0, 0.1) is 0 Å². The molecule has 1 aliphatic heterocycles. The van der Waals surface area contributed by atoms with E-state index < -0.39 is 0 Å². The zero-order valence-electron chi connectivity index (χ0n) is 18.8. The number of pyridine rings is 1. The summed E-state index contributed by atoms with van der Waals surface area (Å²) in [5.74, 6) is 2.90. The molecule has 2 aromatic carbocycles. The second-order valence-electron chi connectivity index (χ2n) is 8.13. The maximum atomic E-state index is 5.95. The molecule has 0 amide bonds. The van der Waals surface area contributed by atoms with Gasteiger partial charge in [-0.2, -0.15) is 0 Å². The van der Waals surface area contributed by atoms with Crippen molar-refractivity contribution in [2.45, 2.75) is 25.7 Å². The third-order valence-electron chi connectivity index (χ3n) is 6.40. The van der Waals surface area contributed by atoms with Crippen LogP contribution in [0.3, 0.4) is 0 Å². The second-order valence-corrected chi connectivity index (χ2v) is 8.13. The largest absolute Gasteiger partial charge is 0.493 e. The second kappa shape index (κ2) is 8.39. The van der Waals surface area contributed by atoms with Crippen molar-refractivity contribution >= 4 is 16.6 Å². The van der Waals surface area contributed by atoms with Gasteiger partial charge in [-0.15, -0.1) is 0 Å². The molecule has 1 aromatic heterocycles. The Kier molecular flexibility index (Phi) is 5.43.